The van der Waals surface area contributed by atoms with Crippen LogP contribution >= 0.6 is 11.3 Å². The van der Waals surface area contributed by atoms with E-state index in [2.05, 4.69) is 33.5 Å². The van der Waals surface area contributed by atoms with Crippen molar-refractivity contribution in [3.63, 3.8) is 0 Å². The Balaban J connectivity index is 1.53. The largest absolute Gasteiger partial charge is 0.332 e. The van der Waals surface area contributed by atoms with Gasteiger partial charge in [-0.3, -0.25) is 14.7 Å². The van der Waals surface area contributed by atoms with Crippen LogP contribution in [0.3, 0.4) is 0 Å². The fourth-order valence-corrected chi connectivity index (χ4v) is 4.54. The Bertz CT molecular complexity index is 855. The molecule has 0 bridgehead atoms. The van der Waals surface area contributed by atoms with Gasteiger partial charge in [0.05, 0.1) is 18.3 Å². The highest BCUT2D eigenvalue weighted by molar-refractivity contribution is 7.10. The first-order chi connectivity index (χ1) is 13.2. The highest BCUT2D eigenvalue weighted by Gasteiger charge is 2.27. The summed E-state index contributed by atoms with van der Waals surface area (Å²) in [5, 5.41) is 2.15. The fourth-order valence-electron chi connectivity index (χ4n) is 3.65. The first-order valence-corrected chi connectivity index (χ1v) is 10.1. The maximum absolute atomic E-state index is 13.1. The molecule has 4 nitrogen and oxygen atoms in total. The molecule has 1 amide bonds. The monoisotopic (exact) mass is 377 g/mol. The maximum Gasteiger partial charge on any atom is 0.237 e. The Morgan fingerprint density at radius 3 is 2.78 bits per heavy atom. The molecule has 4 rings (SSSR count). The Labute approximate surface area is 164 Å². The molecule has 0 radical (unpaired) electrons. The van der Waals surface area contributed by atoms with E-state index in [9.17, 15) is 4.79 Å². The predicted molar refractivity (Wildman–Crippen MR) is 109 cm³/mol. The lowest BCUT2D eigenvalue weighted by atomic mass is 10.0. The molecule has 0 saturated heterocycles. The van der Waals surface area contributed by atoms with Crippen LogP contribution in [0.5, 0.6) is 0 Å². The van der Waals surface area contributed by atoms with Crippen LogP contribution in [0, 0.1) is 0 Å². The number of carbonyl (C=O) groups is 1. The van der Waals surface area contributed by atoms with Crippen molar-refractivity contribution in [3.8, 4) is 0 Å². The Morgan fingerprint density at radius 2 is 2.00 bits per heavy atom. The lowest BCUT2D eigenvalue weighted by Crippen LogP contribution is -2.42. The van der Waals surface area contributed by atoms with E-state index in [1.54, 1.807) is 6.20 Å². The van der Waals surface area contributed by atoms with Gasteiger partial charge in [-0.05, 0) is 41.1 Å². The van der Waals surface area contributed by atoms with Gasteiger partial charge in [0.2, 0.25) is 5.91 Å². The number of fused-ring (bicyclic) bond motifs is 1. The van der Waals surface area contributed by atoms with Crippen LogP contribution in [-0.4, -0.2) is 40.8 Å². The lowest BCUT2D eigenvalue weighted by molar-refractivity contribution is -0.132. The van der Waals surface area contributed by atoms with Crippen LogP contribution in [0.25, 0.3) is 0 Å². The minimum absolute atomic E-state index is 0.119. The Hall–Kier alpha value is -2.50. The van der Waals surface area contributed by atoms with E-state index in [-0.39, 0.29) is 11.9 Å². The third-order valence-corrected chi connectivity index (χ3v) is 6.13. The minimum Gasteiger partial charge on any atom is -0.332 e. The van der Waals surface area contributed by atoms with E-state index in [4.69, 9.17) is 0 Å². The smallest absolute Gasteiger partial charge is 0.237 e. The fraction of sp³-hybridized carbons (Fsp3) is 0.273. The molecule has 3 aromatic rings. The van der Waals surface area contributed by atoms with Gasteiger partial charge < -0.3 is 4.90 Å². The number of nitrogens with zero attached hydrogens (tertiary/aromatic N) is 3. The summed E-state index contributed by atoms with van der Waals surface area (Å²) in [7, 11) is 1.88. The normalized spacial score (nSPS) is 15.1. The third-order valence-electron chi connectivity index (χ3n) is 5.11. The zero-order valence-corrected chi connectivity index (χ0v) is 16.2. The van der Waals surface area contributed by atoms with Crippen LogP contribution in [0.2, 0.25) is 0 Å². The quantitative estimate of drug-likeness (QED) is 0.679. The van der Waals surface area contributed by atoms with Crippen molar-refractivity contribution in [2.75, 3.05) is 20.1 Å². The summed E-state index contributed by atoms with van der Waals surface area (Å²) < 4.78 is 0. The van der Waals surface area contributed by atoms with Crippen molar-refractivity contribution < 1.29 is 4.79 Å². The molecule has 1 aliphatic heterocycles. The van der Waals surface area contributed by atoms with Crippen molar-refractivity contribution >= 4 is 17.2 Å². The van der Waals surface area contributed by atoms with Crippen LogP contribution in [0.15, 0.2) is 66.2 Å². The molecule has 1 aromatic carbocycles. The zero-order valence-electron chi connectivity index (χ0n) is 15.4. The van der Waals surface area contributed by atoms with Gasteiger partial charge in [0.25, 0.3) is 0 Å². The Morgan fingerprint density at radius 1 is 1.19 bits per heavy atom. The van der Waals surface area contributed by atoms with Crippen molar-refractivity contribution in [1.29, 1.82) is 0 Å². The summed E-state index contributed by atoms with van der Waals surface area (Å²) in [6, 6.07) is 18.0. The molecule has 3 heterocycles. The number of thiophene rings is 1. The molecule has 0 aliphatic carbocycles. The number of pyridine rings is 1. The van der Waals surface area contributed by atoms with Crippen LogP contribution in [-0.2, 0) is 17.8 Å². The SMILES string of the molecule is CN(C(=O)CN1CCc2sccc2C1)C(c1ccccc1)c1ccccn1. The number of amides is 1. The predicted octanol–water partition coefficient (Wildman–Crippen LogP) is 3.75. The molecule has 1 unspecified atom stereocenters. The lowest BCUT2D eigenvalue weighted by Gasteiger charge is -2.32. The average Bonchev–Trinajstić information content (AvgIpc) is 3.17. The molecular weight excluding hydrogens is 354 g/mol. The average molecular weight is 378 g/mol. The molecule has 2 aromatic heterocycles. The summed E-state index contributed by atoms with van der Waals surface area (Å²) >= 11 is 1.82. The standard InChI is InChI=1S/C22H23N3OS/c1-24(21(26)16-25-13-10-20-18(15-25)11-14-27-20)22(17-7-3-2-4-8-17)19-9-5-6-12-23-19/h2-9,11-12,14,22H,10,13,15-16H2,1H3. The first kappa shape index (κ1) is 17.9. The molecule has 0 N–H and O–H groups in total. The van der Waals surface area contributed by atoms with Gasteiger partial charge in [-0.25, -0.2) is 0 Å². The second kappa shape index (κ2) is 8.03. The van der Waals surface area contributed by atoms with Crippen LogP contribution in [0.4, 0.5) is 0 Å². The van der Waals surface area contributed by atoms with E-state index in [1.807, 2.05) is 59.7 Å². The van der Waals surface area contributed by atoms with E-state index in [1.165, 1.54) is 10.4 Å². The highest BCUT2D eigenvalue weighted by Crippen LogP contribution is 2.27. The molecule has 1 aliphatic rings. The number of benzene rings is 1. The van der Waals surface area contributed by atoms with Crippen molar-refractivity contribution in [3.05, 3.63) is 87.9 Å². The topological polar surface area (TPSA) is 36.4 Å². The third kappa shape index (κ3) is 3.94. The number of hydrogen-bond acceptors (Lipinski definition) is 4. The van der Waals surface area contributed by atoms with Crippen LogP contribution in [0.1, 0.15) is 27.7 Å². The Kier molecular flexibility index (Phi) is 5.32. The molecule has 5 heteroatoms. The number of rotatable bonds is 5. The molecule has 138 valence electrons. The van der Waals surface area contributed by atoms with Crippen molar-refractivity contribution in [2.45, 2.75) is 19.0 Å². The molecule has 1 atom stereocenters. The van der Waals surface area contributed by atoms with Gasteiger partial charge in [-0.2, -0.15) is 0 Å². The van der Waals surface area contributed by atoms with E-state index < -0.39 is 0 Å². The number of hydrogen-bond donors (Lipinski definition) is 0. The van der Waals surface area contributed by atoms with E-state index in [0.29, 0.717) is 6.54 Å². The molecule has 0 fully saturated rings. The second-order valence-electron chi connectivity index (χ2n) is 6.90. The number of likely N-dealkylation sites (N-methyl/N-ethyl adjacent to an activating group) is 1. The molecule has 27 heavy (non-hydrogen) atoms. The zero-order chi connectivity index (χ0) is 18.6. The molecule has 0 saturated carbocycles. The van der Waals surface area contributed by atoms with Crippen molar-refractivity contribution in [2.24, 2.45) is 0 Å². The van der Waals surface area contributed by atoms with Gasteiger partial charge >= 0.3 is 0 Å². The van der Waals surface area contributed by atoms with Gasteiger partial charge in [0, 0.05) is 31.2 Å². The summed E-state index contributed by atoms with van der Waals surface area (Å²) in [6.45, 7) is 2.23. The molecular formula is C22H23N3OS. The van der Waals surface area contributed by atoms with Gasteiger partial charge in [-0.15, -0.1) is 11.3 Å². The van der Waals surface area contributed by atoms with Gasteiger partial charge in [0.15, 0.2) is 0 Å². The highest BCUT2D eigenvalue weighted by atomic mass is 32.1. The molecule has 0 spiro atoms. The maximum atomic E-state index is 13.1. The van der Waals surface area contributed by atoms with E-state index in [0.717, 1.165) is 30.8 Å². The van der Waals surface area contributed by atoms with Crippen LogP contribution < -0.4 is 0 Å². The summed E-state index contributed by atoms with van der Waals surface area (Å²) in [5.41, 5.74) is 3.33. The number of carbonyl (C=O) groups excluding carboxylic acids is 1. The summed E-state index contributed by atoms with van der Waals surface area (Å²) in [6.07, 6.45) is 2.82. The van der Waals surface area contributed by atoms with Gasteiger partial charge in [0.1, 0.15) is 0 Å². The first-order valence-electron chi connectivity index (χ1n) is 9.21. The number of aromatic nitrogens is 1. The minimum atomic E-state index is -0.179. The summed E-state index contributed by atoms with van der Waals surface area (Å²) in [5.74, 6) is 0.119. The van der Waals surface area contributed by atoms with Crippen molar-refractivity contribution in [1.82, 2.24) is 14.8 Å². The second-order valence-corrected chi connectivity index (χ2v) is 7.90. The van der Waals surface area contributed by atoms with Gasteiger partial charge in [-0.1, -0.05) is 36.4 Å². The summed E-state index contributed by atoms with van der Waals surface area (Å²) in [4.78, 5) is 23.2. The van der Waals surface area contributed by atoms with E-state index >= 15 is 0 Å².